The number of carbonyl (C=O) groups is 1. The molecule has 7 nitrogen and oxygen atoms in total. The third-order valence-corrected chi connectivity index (χ3v) is 8.84. The van der Waals surface area contributed by atoms with Gasteiger partial charge in [-0.2, -0.15) is 0 Å². The van der Waals surface area contributed by atoms with E-state index in [1.54, 1.807) is 6.20 Å². The molecule has 0 N–H and O–H groups in total. The average molecular weight is 533 g/mol. The molecule has 38 heavy (non-hydrogen) atoms. The van der Waals surface area contributed by atoms with Crippen LogP contribution in [-0.2, 0) is 24.2 Å². The van der Waals surface area contributed by atoms with Gasteiger partial charge in [-0.05, 0) is 68.3 Å². The van der Waals surface area contributed by atoms with Gasteiger partial charge in [0.2, 0.25) is 5.91 Å². The third kappa shape index (κ3) is 5.12. The predicted molar refractivity (Wildman–Crippen MR) is 149 cm³/mol. The van der Waals surface area contributed by atoms with Crippen molar-refractivity contribution in [2.45, 2.75) is 51.2 Å². The average Bonchev–Trinajstić information content (AvgIpc) is 3.26. The lowest BCUT2D eigenvalue weighted by molar-refractivity contribution is -0.141. The third-order valence-electron chi connectivity index (χ3n) is 8.63. The Morgan fingerprint density at radius 1 is 1.08 bits per heavy atom. The summed E-state index contributed by atoms with van der Waals surface area (Å²) >= 11 is 6.37. The van der Waals surface area contributed by atoms with Crippen molar-refractivity contribution in [3.05, 3.63) is 82.2 Å². The molecule has 3 aromatic rings. The Balaban J connectivity index is 1.24. The number of piperidine rings is 1. The zero-order chi connectivity index (χ0) is 26.2. The molecule has 0 saturated carbocycles. The molecule has 0 bridgehead atoms. The van der Waals surface area contributed by atoms with Crippen LogP contribution in [0, 0.1) is 12.8 Å². The van der Waals surface area contributed by atoms with Crippen LogP contribution in [0.1, 0.15) is 47.0 Å². The van der Waals surface area contributed by atoms with E-state index in [4.69, 9.17) is 16.6 Å². The number of benzene rings is 1. The molecule has 4 heterocycles. The molecule has 0 radical (unpaired) electrons. The molecule has 1 aliphatic carbocycles. The zero-order valence-corrected chi connectivity index (χ0v) is 23.1. The molecule has 3 atom stereocenters. The maximum atomic E-state index is 14.0. The first-order valence-corrected chi connectivity index (χ1v) is 14.3. The molecule has 6 rings (SSSR count). The predicted octanol–water partition coefficient (Wildman–Crippen LogP) is 3.98. The summed E-state index contributed by atoms with van der Waals surface area (Å²) in [6, 6.07) is 10.7. The van der Waals surface area contributed by atoms with Crippen molar-refractivity contribution >= 4 is 17.5 Å². The SMILES string of the molecule is Cc1cn(C[C@@H]2CCCN(C(=O)[C@H]3CN(C4c5ccccc5CCc5cc(Cl)cnc54)CCN3C)C2)cn1. The lowest BCUT2D eigenvalue weighted by Gasteiger charge is -2.45. The van der Waals surface area contributed by atoms with Gasteiger partial charge >= 0.3 is 0 Å². The summed E-state index contributed by atoms with van der Waals surface area (Å²) in [6.07, 6.45) is 9.89. The fraction of sp³-hybridized carbons (Fsp3) is 0.500. The van der Waals surface area contributed by atoms with Crippen molar-refractivity contribution in [2.75, 3.05) is 39.8 Å². The molecule has 1 amide bonds. The Hall–Kier alpha value is -2.74. The number of amides is 1. The normalized spacial score (nSPS) is 24.5. The standard InChI is InChI=1S/C30H37ClN6O/c1-21-16-35(20-33-21)17-22-6-5-11-37(18-22)30(38)27-19-36(13-12-34(27)2)29-26-8-4-3-7-23(26)9-10-24-14-25(31)15-32-28(24)29/h3-4,7-8,14-16,20,22,27,29H,5-6,9-13,17-19H2,1-2H3/t22-,27+,29?/m0/s1. The Bertz CT molecular complexity index is 1310. The molecule has 8 heteroatoms. The van der Waals surface area contributed by atoms with E-state index < -0.39 is 0 Å². The molecule has 200 valence electrons. The molecule has 2 saturated heterocycles. The maximum Gasteiger partial charge on any atom is 0.241 e. The summed E-state index contributed by atoms with van der Waals surface area (Å²) in [5.74, 6) is 0.718. The summed E-state index contributed by atoms with van der Waals surface area (Å²) in [4.78, 5) is 30.1. The van der Waals surface area contributed by atoms with Crippen molar-refractivity contribution in [2.24, 2.45) is 5.92 Å². The summed E-state index contributed by atoms with van der Waals surface area (Å²) < 4.78 is 2.17. The van der Waals surface area contributed by atoms with Crippen LogP contribution in [0.4, 0.5) is 0 Å². The molecular formula is C30H37ClN6O. The van der Waals surface area contributed by atoms with Gasteiger partial charge in [0.25, 0.3) is 0 Å². The second-order valence-electron chi connectivity index (χ2n) is 11.3. The monoisotopic (exact) mass is 532 g/mol. The van der Waals surface area contributed by atoms with Crippen molar-refractivity contribution in [3.8, 4) is 0 Å². The fourth-order valence-corrected chi connectivity index (χ4v) is 6.82. The first-order chi connectivity index (χ1) is 18.5. The van der Waals surface area contributed by atoms with Gasteiger partial charge in [-0.15, -0.1) is 0 Å². The molecule has 3 aliphatic rings. The number of piperazine rings is 1. The fourth-order valence-electron chi connectivity index (χ4n) is 6.64. The summed E-state index contributed by atoms with van der Waals surface area (Å²) in [6.45, 7) is 7.04. The van der Waals surface area contributed by atoms with Crippen LogP contribution in [-0.4, -0.2) is 81.0 Å². The van der Waals surface area contributed by atoms with Gasteiger partial charge in [-0.1, -0.05) is 35.9 Å². The highest BCUT2D eigenvalue weighted by Gasteiger charge is 2.39. The number of hydrogen-bond donors (Lipinski definition) is 0. The topological polar surface area (TPSA) is 57.5 Å². The van der Waals surface area contributed by atoms with Gasteiger partial charge in [0.15, 0.2) is 0 Å². The number of likely N-dealkylation sites (tertiary alicyclic amines) is 1. The highest BCUT2D eigenvalue weighted by molar-refractivity contribution is 6.30. The first kappa shape index (κ1) is 25.5. The lowest BCUT2D eigenvalue weighted by atomic mass is 9.94. The number of likely N-dealkylation sites (N-methyl/N-ethyl adjacent to an activating group) is 1. The van der Waals surface area contributed by atoms with E-state index in [0.717, 1.165) is 69.8 Å². The largest absolute Gasteiger partial charge is 0.341 e. The first-order valence-electron chi connectivity index (χ1n) is 13.9. The Kier molecular flexibility index (Phi) is 7.25. The van der Waals surface area contributed by atoms with E-state index in [-0.39, 0.29) is 18.0 Å². The van der Waals surface area contributed by atoms with E-state index in [2.05, 4.69) is 67.8 Å². The second-order valence-corrected chi connectivity index (χ2v) is 11.7. The van der Waals surface area contributed by atoms with Crippen LogP contribution >= 0.6 is 11.6 Å². The maximum absolute atomic E-state index is 14.0. The van der Waals surface area contributed by atoms with Gasteiger partial charge in [0.05, 0.1) is 28.8 Å². The van der Waals surface area contributed by atoms with Crippen molar-refractivity contribution in [1.29, 1.82) is 0 Å². The number of fused-ring (bicyclic) bond motifs is 2. The van der Waals surface area contributed by atoms with Crippen LogP contribution in [0.3, 0.4) is 0 Å². The minimum absolute atomic E-state index is 0.0311. The van der Waals surface area contributed by atoms with E-state index in [9.17, 15) is 4.79 Å². The van der Waals surface area contributed by atoms with Crippen LogP contribution in [0.25, 0.3) is 0 Å². The van der Waals surface area contributed by atoms with E-state index >= 15 is 0 Å². The minimum Gasteiger partial charge on any atom is -0.341 e. The Labute approximate surface area is 230 Å². The number of pyridine rings is 1. The Morgan fingerprint density at radius 2 is 1.92 bits per heavy atom. The number of nitrogens with zero attached hydrogens (tertiary/aromatic N) is 6. The second kappa shape index (κ2) is 10.8. The number of carbonyl (C=O) groups excluding carboxylic acids is 1. The smallest absolute Gasteiger partial charge is 0.241 e. The number of imidazole rings is 1. The van der Waals surface area contributed by atoms with Crippen LogP contribution in [0.15, 0.2) is 49.1 Å². The van der Waals surface area contributed by atoms with E-state index in [1.807, 2.05) is 13.3 Å². The van der Waals surface area contributed by atoms with Crippen LogP contribution in [0.2, 0.25) is 5.02 Å². The molecule has 2 fully saturated rings. The summed E-state index contributed by atoms with van der Waals surface area (Å²) in [5.41, 5.74) is 6.02. The van der Waals surface area contributed by atoms with E-state index in [0.29, 0.717) is 17.5 Å². The highest BCUT2D eigenvalue weighted by atomic mass is 35.5. The van der Waals surface area contributed by atoms with Gasteiger partial charge in [-0.3, -0.25) is 19.6 Å². The van der Waals surface area contributed by atoms with Crippen molar-refractivity contribution < 1.29 is 4.79 Å². The minimum atomic E-state index is -0.163. The number of aryl methyl sites for hydroxylation is 3. The van der Waals surface area contributed by atoms with E-state index in [1.165, 1.54) is 16.7 Å². The van der Waals surface area contributed by atoms with Crippen LogP contribution in [0.5, 0.6) is 0 Å². The van der Waals surface area contributed by atoms with Crippen molar-refractivity contribution in [3.63, 3.8) is 0 Å². The number of hydrogen-bond acceptors (Lipinski definition) is 5. The number of rotatable bonds is 4. The molecular weight excluding hydrogens is 496 g/mol. The van der Waals surface area contributed by atoms with Gasteiger partial charge in [-0.25, -0.2) is 4.98 Å². The molecule has 2 aliphatic heterocycles. The summed E-state index contributed by atoms with van der Waals surface area (Å²) in [7, 11) is 2.10. The number of halogens is 1. The zero-order valence-electron chi connectivity index (χ0n) is 22.4. The van der Waals surface area contributed by atoms with Gasteiger partial charge in [0.1, 0.15) is 6.04 Å². The quantitative estimate of drug-likeness (QED) is 0.508. The molecule has 1 aromatic carbocycles. The van der Waals surface area contributed by atoms with Crippen LogP contribution < -0.4 is 0 Å². The van der Waals surface area contributed by atoms with Gasteiger partial charge in [0, 0.05) is 51.7 Å². The molecule has 2 aromatic heterocycles. The number of aromatic nitrogens is 3. The highest BCUT2D eigenvalue weighted by Crippen LogP contribution is 2.37. The Morgan fingerprint density at radius 3 is 2.76 bits per heavy atom. The van der Waals surface area contributed by atoms with Crippen molar-refractivity contribution in [1.82, 2.24) is 29.2 Å². The van der Waals surface area contributed by atoms with Gasteiger partial charge < -0.3 is 9.47 Å². The summed E-state index contributed by atoms with van der Waals surface area (Å²) in [5, 5.41) is 0.686. The molecule has 0 spiro atoms. The lowest BCUT2D eigenvalue weighted by Crippen LogP contribution is -2.60. The molecule has 1 unspecified atom stereocenters.